The SMILES string of the molecule is Cn1ccc(C(=O)Nc2ncc(Br)s2)n1. The number of aromatic nitrogens is 3. The van der Waals surface area contributed by atoms with Gasteiger partial charge in [0.1, 0.15) is 0 Å². The first-order valence-corrected chi connectivity index (χ1v) is 5.68. The number of rotatable bonds is 2. The van der Waals surface area contributed by atoms with Crippen LogP contribution < -0.4 is 5.32 Å². The number of thiazole rings is 1. The maximum Gasteiger partial charge on any atom is 0.277 e. The van der Waals surface area contributed by atoms with Gasteiger partial charge in [0.15, 0.2) is 10.8 Å². The Balaban J connectivity index is 2.10. The van der Waals surface area contributed by atoms with E-state index in [4.69, 9.17) is 0 Å². The van der Waals surface area contributed by atoms with Crippen LogP contribution in [0.15, 0.2) is 22.2 Å². The molecule has 7 heteroatoms. The van der Waals surface area contributed by atoms with Crippen LogP contribution in [-0.4, -0.2) is 20.7 Å². The summed E-state index contributed by atoms with van der Waals surface area (Å²) in [5.74, 6) is -0.252. The third-order valence-electron chi connectivity index (χ3n) is 1.64. The van der Waals surface area contributed by atoms with Crippen LogP contribution in [0.2, 0.25) is 0 Å². The minimum Gasteiger partial charge on any atom is -0.296 e. The Labute approximate surface area is 98.3 Å². The molecular weight excluding hydrogens is 280 g/mol. The van der Waals surface area contributed by atoms with E-state index in [1.54, 1.807) is 30.2 Å². The highest BCUT2D eigenvalue weighted by atomic mass is 79.9. The molecule has 78 valence electrons. The lowest BCUT2D eigenvalue weighted by Crippen LogP contribution is -2.12. The van der Waals surface area contributed by atoms with E-state index < -0.39 is 0 Å². The molecule has 1 amide bonds. The Morgan fingerprint density at radius 2 is 2.47 bits per heavy atom. The quantitative estimate of drug-likeness (QED) is 0.917. The monoisotopic (exact) mass is 286 g/mol. The van der Waals surface area contributed by atoms with E-state index in [0.717, 1.165) is 3.79 Å². The maximum atomic E-state index is 11.6. The van der Waals surface area contributed by atoms with Gasteiger partial charge >= 0.3 is 0 Å². The van der Waals surface area contributed by atoms with Crippen molar-refractivity contribution in [2.24, 2.45) is 7.05 Å². The largest absolute Gasteiger partial charge is 0.296 e. The van der Waals surface area contributed by atoms with Crippen LogP contribution in [0.25, 0.3) is 0 Å². The van der Waals surface area contributed by atoms with Crippen molar-refractivity contribution in [3.63, 3.8) is 0 Å². The van der Waals surface area contributed by atoms with Crippen molar-refractivity contribution in [2.75, 3.05) is 5.32 Å². The summed E-state index contributed by atoms with van der Waals surface area (Å²) in [6.45, 7) is 0. The molecule has 0 radical (unpaired) electrons. The Hall–Kier alpha value is -1.21. The predicted molar refractivity (Wildman–Crippen MR) is 61.0 cm³/mol. The zero-order chi connectivity index (χ0) is 10.8. The summed E-state index contributed by atoms with van der Waals surface area (Å²) in [6, 6.07) is 1.65. The van der Waals surface area contributed by atoms with Crippen LogP contribution in [0.3, 0.4) is 0 Å². The Kier molecular flexibility index (Phi) is 2.83. The van der Waals surface area contributed by atoms with Crippen molar-refractivity contribution in [3.05, 3.63) is 27.9 Å². The second-order valence-corrected chi connectivity index (χ2v) is 5.21. The van der Waals surface area contributed by atoms with Gasteiger partial charge in [-0.2, -0.15) is 5.10 Å². The number of hydrogen-bond acceptors (Lipinski definition) is 4. The third-order valence-corrected chi connectivity index (χ3v) is 3.04. The zero-order valence-electron chi connectivity index (χ0n) is 7.77. The van der Waals surface area contributed by atoms with E-state index in [-0.39, 0.29) is 5.91 Å². The first kappa shape index (κ1) is 10.3. The molecule has 0 saturated carbocycles. The molecule has 2 rings (SSSR count). The van der Waals surface area contributed by atoms with Crippen molar-refractivity contribution < 1.29 is 4.79 Å². The standard InChI is InChI=1S/C8H7BrN4OS/c1-13-3-2-5(12-13)7(14)11-8-10-4-6(9)15-8/h2-4H,1H3,(H,10,11,14). The van der Waals surface area contributed by atoms with Crippen LogP contribution in [0.1, 0.15) is 10.5 Å². The maximum absolute atomic E-state index is 11.6. The number of carbonyl (C=O) groups is 1. The number of nitrogens with zero attached hydrogens (tertiary/aromatic N) is 3. The number of halogens is 1. The molecule has 0 saturated heterocycles. The summed E-state index contributed by atoms with van der Waals surface area (Å²) in [4.78, 5) is 15.6. The van der Waals surface area contributed by atoms with E-state index in [1.807, 2.05) is 0 Å². The summed E-state index contributed by atoms with van der Waals surface area (Å²) in [6.07, 6.45) is 3.35. The van der Waals surface area contributed by atoms with Crippen molar-refractivity contribution >= 4 is 38.3 Å². The number of aryl methyl sites for hydroxylation is 1. The average molecular weight is 287 g/mol. The molecular formula is C8H7BrN4OS. The highest BCUT2D eigenvalue weighted by Crippen LogP contribution is 2.23. The molecule has 0 bridgehead atoms. The molecule has 15 heavy (non-hydrogen) atoms. The molecule has 0 aliphatic heterocycles. The van der Waals surface area contributed by atoms with Gasteiger partial charge in [-0.15, -0.1) is 0 Å². The van der Waals surface area contributed by atoms with Gasteiger partial charge in [-0.25, -0.2) is 4.98 Å². The van der Waals surface area contributed by atoms with Crippen LogP contribution >= 0.6 is 27.3 Å². The van der Waals surface area contributed by atoms with E-state index in [2.05, 4.69) is 31.3 Å². The summed E-state index contributed by atoms with van der Waals surface area (Å²) >= 11 is 4.62. The van der Waals surface area contributed by atoms with Gasteiger partial charge in [0, 0.05) is 13.2 Å². The van der Waals surface area contributed by atoms with E-state index in [1.165, 1.54) is 11.3 Å². The molecule has 0 unspecified atom stereocenters. The number of nitrogens with one attached hydrogen (secondary N) is 1. The molecule has 0 fully saturated rings. The number of carbonyl (C=O) groups excluding carboxylic acids is 1. The minimum absolute atomic E-state index is 0.252. The lowest BCUT2D eigenvalue weighted by molar-refractivity contribution is 0.102. The van der Waals surface area contributed by atoms with Gasteiger partial charge in [0.2, 0.25) is 0 Å². The molecule has 2 aromatic rings. The van der Waals surface area contributed by atoms with Crippen molar-refractivity contribution in [1.82, 2.24) is 14.8 Å². The summed E-state index contributed by atoms with van der Waals surface area (Å²) in [5, 5.41) is 7.19. The highest BCUT2D eigenvalue weighted by molar-refractivity contribution is 9.11. The Bertz CT molecular complexity index is 492. The normalized spacial score (nSPS) is 10.3. The summed E-state index contributed by atoms with van der Waals surface area (Å²) in [7, 11) is 1.76. The van der Waals surface area contributed by atoms with Crippen molar-refractivity contribution in [1.29, 1.82) is 0 Å². The van der Waals surface area contributed by atoms with Crippen LogP contribution in [0.5, 0.6) is 0 Å². The fourth-order valence-corrected chi connectivity index (χ4v) is 2.11. The summed E-state index contributed by atoms with van der Waals surface area (Å²) in [5.41, 5.74) is 0.379. The molecule has 0 spiro atoms. The fourth-order valence-electron chi connectivity index (χ4n) is 1.01. The highest BCUT2D eigenvalue weighted by Gasteiger charge is 2.10. The van der Waals surface area contributed by atoms with Crippen molar-refractivity contribution in [3.8, 4) is 0 Å². The van der Waals surface area contributed by atoms with E-state index in [9.17, 15) is 4.79 Å². The Morgan fingerprint density at radius 1 is 1.67 bits per heavy atom. The second kappa shape index (κ2) is 4.11. The number of hydrogen-bond donors (Lipinski definition) is 1. The summed E-state index contributed by atoms with van der Waals surface area (Å²) < 4.78 is 2.45. The van der Waals surface area contributed by atoms with Crippen molar-refractivity contribution in [2.45, 2.75) is 0 Å². The molecule has 2 aromatic heterocycles. The molecule has 0 aromatic carbocycles. The zero-order valence-corrected chi connectivity index (χ0v) is 10.2. The smallest absolute Gasteiger partial charge is 0.277 e. The van der Waals surface area contributed by atoms with Gasteiger partial charge in [0.05, 0.1) is 9.98 Å². The molecule has 0 aliphatic rings. The van der Waals surface area contributed by atoms with Gasteiger partial charge in [-0.3, -0.25) is 14.8 Å². The van der Waals surface area contributed by atoms with E-state index >= 15 is 0 Å². The molecule has 2 heterocycles. The molecule has 5 nitrogen and oxygen atoms in total. The average Bonchev–Trinajstić information content (AvgIpc) is 2.75. The van der Waals surface area contributed by atoms with E-state index in [0.29, 0.717) is 10.8 Å². The topological polar surface area (TPSA) is 59.8 Å². The van der Waals surface area contributed by atoms with Gasteiger partial charge in [-0.1, -0.05) is 11.3 Å². The van der Waals surface area contributed by atoms with Crippen LogP contribution in [0, 0.1) is 0 Å². The van der Waals surface area contributed by atoms with Crippen LogP contribution in [0.4, 0.5) is 5.13 Å². The van der Waals surface area contributed by atoms with Crippen LogP contribution in [-0.2, 0) is 7.05 Å². The third kappa shape index (κ3) is 2.42. The molecule has 0 atom stereocenters. The Morgan fingerprint density at radius 3 is 3.00 bits per heavy atom. The number of anilines is 1. The lowest BCUT2D eigenvalue weighted by atomic mass is 10.4. The number of amides is 1. The lowest BCUT2D eigenvalue weighted by Gasteiger charge is -1.96. The molecule has 1 N–H and O–H groups in total. The first-order valence-electron chi connectivity index (χ1n) is 4.07. The fraction of sp³-hybridized carbons (Fsp3) is 0.125. The van der Waals surface area contributed by atoms with Gasteiger partial charge < -0.3 is 0 Å². The first-order chi connectivity index (χ1) is 7.15. The molecule has 0 aliphatic carbocycles. The second-order valence-electron chi connectivity index (χ2n) is 2.80. The van der Waals surface area contributed by atoms with Gasteiger partial charge in [0.25, 0.3) is 5.91 Å². The minimum atomic E-state index is -0.252. The predicted octanol–water partition coefficient (Wildman–Crippen LogP) is 1.89. The van der Waals surface area contributed by atoms with Gasteiger partial charge in [-0.05, 0) is 22.0 Å².